The molecule has 0 amide bonds. The summed E-state index contributed by atoms with van der Waals surface area (Å²) >= 11 is 19.4. The third-order valence-corrected chi connectivity index (χ3v) is 6.10. The molecule has 4 heterocycles. The predicted octanol–water partition coefficient (Wildman–Crippen LogP) is -0.777. The van der Waals surface area contributed by atoms with E-state index in [2.05, 4.69) is 21.3 Å². The van der Waals surface area contributed by atoms with E-state index in [9.17, 15) is 0 Å². The van der Waals surface area contributed by atoms with E-state index in [0.29, 0.717) is 0 Å². The van der Waals surface area contributed by atoms with E-state index in [1.54, 1.807) is 0 Å². The topological polar surface area (TPSA) is 61.1 Å². The van der Waals surface area contributed by atoms with Gasteiger partial charge in [-0.1, -0.05) is 0 Å². The molecule has 4 saturated heterocycles. The molecule has 8 nitrogen and oxygen atoms in total. The molecule has 170 valence electrons. The van der Waals surface area contributed by atoms with E-state index >= 15 is 0 Å². The number of rotatable bonds is 0. The summed E-state index contributed by atoms with van der Waals surface area (Å²) in [6.07, 6.45) is 0. The average molecular weight is 660 g/mol. The minimum Gasteiger partial charge on any atom is -0.361 e. The van der Waals surface area contributed by atoms with Crippen molar-refractivity contribution in [2.24, 2.45) is 0 Å². The van der Waals surface area contributed by atoms with Gasteiger partial charge in [-0.3, -0.25) is 0 Å². The fourth-order valence-corrected chi connectivity index (χ4v) is 3.04. The Kier molecular flexibility index (Phi) is 15.0. The Balaban J connectivity index is 0.000000356. The van der Waals surface area contributed by atoms with Crippen molar-refractivity contribution >= 4 is 69.3 Å². The summed E-state index contributed by atoms with van der Waals surface area (Å²) in [7, 11) is 7.95. The monoisotopic (exact) mass is 659 g/mol. The Labute approximate surface area is 210 Å². The number of thiocarbonyl (C=S) groups is 4. The summed E-state index contributed by atoms with van der Waals surface area (Å²) in [4.78, 5) is 8.09. The summed E-state index contributed by atoms with van der Waals surface area (Å²) in [6.45, 7) is 8.25. The second-order valence-corrected chi connectivity index (χ2v) is 8.16. The molecule has 13 heteroatoms. The van der Waals surface area contributed by atoms with Crippen LogP contribution in [0.2, 0.25) is 0 Å². The fourth-order valence-electron chi connectivity index (χ4n) is 2.27. The van der Waals surface area contributed by atoms with Crippen molar-refractivity contribution in [3.63, 3.8) is 0 Å². The van der Waals surface area contributed by atoms with Gasteiger partial charge in [0, 0.05) is 102 Å². The first-order chi connectivity index (χ1) is 13.2. The van der Waals surface area contributed by atoms with Crippen LogP contribution in [0.3, 0.4) is 0 Å². The van der Waals surface area contributed by atoms with Crippen molar-refractivity contribution < 1.29 is 21.1 Å². The quantitative estimate of drug-likeness (QED) is 0.247. The second kappa shape index (κ2) is 15.3. The summed E-state index contributed by atoms with van der Waals surface area (Å²) in [5.74, 6) is 0. The predicted molar refractivity (Wildman–Crippen MR) is 133 cm³/mol. The molecule has 4 aliphatic heterocycles. The zero-order valence-corrected chi connectivity index (χ0v) is 22.9. The first-order valence-corrected chi connectivity index (χ1v) is 10.8. The molecule has 0 aromatic heterocycles. The Morgan fingerprint density at radius 2 is 0.655 bits per heavy atom. The molecule has 0 aromatic carbocycles. The van der Waals surface area contributed by atoms with Crippen LogP contribution in [-0.4, -0.2) is 121 Å². The van der Waals surface area contributed by atoms with Gasteiger partial charge in [0.05, 0.1) is 0 Å². The minimum atomic E-state index is 0. The summed E-state index contributed by atoms with van der Waals surface area (Å²) < 4.78 is 0. The number of nitrogens with zero attached hydrogens (tertiary/aromatic N) is 4. The van der Waals surface area contributed by atoms with Crippen LogP contribution < -0.4 is 21.3 Å². The summed E-state index contributed by atoms with van der Waals surface area (Å²) in [5, 5.41) is 15.6. The van der Waals surface area contributed by atoms with E-state index in [1.165, 1.54) is 0 Å². The molecule has 4 rings (SSSR count). The van der Waals surface area contributed by atoms with Gasteiger partial charge in [-0.05, 0) is 48.9 Å². The van der Waals surface area contributed by atoms with Gasteiger partial charge < -0.3 is 40.9 Å². The van der Waals surface area contributed by atoms with Crippen LogP contribution >= 0.6 is 48.9 Å². The third kappa shape index (κ3) is 11.4. The van der Waals surface area contributed by atoms with Crippen LogP contribution in [0.1, 0.15) is 0 Å². The molecule has 4 N–H and O–H groups in total. The Hall–Kier alpha value is -0.552. The van der Waals surface area contributed by atoms with Gasteiger partial charge in [0.1, 0.15) is 0 Å². The molecular formula is C16H32N8PtS4. The van der Waals surface area contributed by atoms with Crippen LogP contribution in [0, 0.1) is 0 Å². The summed E-state index contributed by atoms with van der Waals surface area (Å²) in [6, 6.07) is 0. The molecule has 4 aliphatic rings. The van der Waals surface area contributed by atoms with E-state index < -0.39 is 0 Å². The molecule has 0 bridgehead atoms. The molecular weight excluding hydrogens is 628 g/mol. The van der Waals surface area contributed by atoms with Gasteiger partial charge in [0.25, 0.3) is 0 Å². The van der Waals surface area contributed by atoms with Crippen LogP contribution in [0.4, 0.5) is 0 Å². The van der Waals surface area contributed by atoms with Gasteiger partial charge in [-0.15, -0.1) is 0 Å². The van der Waals surface area contributed by atoms with Crippen LogP contribution in [0.5, 0.6) is 0 Å². The molecule has 0 aliphatic carbocycles. The SMILES string of the molecule is CN1CCNC1=S.CN1CCNC1=S.CN1CCNC1=S.CN1CCNC1=S.[Pt]. The summed E-state index contributed by atoms with van der Waals surface area (Å²) in [5.41, 5.74) is 0. The van der Waals surface area contributed by atoms with Gasteiger partial charge >= 0.3 is 0 Å². The molecule has 0 atom stereocenters. The molecule has 4 fully saturated rings. The van der Waals surface area contributed by atoms with Crippen LogP contribution in [0.25, 0.3) is 0 Å². The van der Waals surface area contributed by atoms with Crippen molar-refractivity contribution in [1.29, 1.82) is 0 Å². The zero-order valence-electron chi connectivity index (χ0n) is 17.4. The number of likely N-dealkylation sites (N-methyl/N-ethyl adjacent to an activating group) is 4. The molecule has 0 spiro atoms. The van der Waals surface area contributed by atoms with E-state index in [1.807, 2.05) is 47.8 Å². The first kappa shape index (κ1) is 28.4. The standard InChI is InChI=1S/4C4H8N2S.Pt/c4*1-6-3-2-5-4(6)7;/h4*2-3H2,1H3,(H,5,7);. The van der Waals surface area contributed by atoms with Crippen molar-refractivity contribution in [1.82, 2.24) is 40.9 Å². The number of hydrogen-bond donors (Lipinski definition) is 4. The Bertz CT molecular complexity index is 469. The number of nitrogens with one attached hydrogen (secondary N) is 4. The normalized spacial score (nSPS) is 19.4. The van der Waals surface area contributed by atoms with Gasteiger partial charge in [0.2, 0.25) is 0 Å². The maximum absolute atomic E-state index is 4.86. The van der Waals surface area contributed by atoms with Crippen molar-refractivity contribution in [2.45, 2.75) is 0 Å². The van der Waals surface area contributed by atoms with Crippen molar-refractivity contribution in [3.8, 4) is 0 Å². The minimum absolute atomic E-state index is 0. The van der Waals surface area contributed by atoms with Gasteiger partial charge in [-0.25, -0.2) is 0 Å². The Morgan fingerprint density at radius 1 is 0.483 bits per heavy atom. The van der Waals surface area contributed by atoms with Crippen molar-refractivity contribution in [2.75, 3.05) is 80.5 Å². The van der Waals surface area contributed by atoms with Crippen LogP contribution in [-0.2, 0) is 21.1 Å². The third-order valence-electron chi connectivity index (χ3n) is 4.28. The molecule has 0 saturated carbocycles. The maximum Gasteiger partial charge on any atom is 0.168 e. The first-order valence-electron chi connectivity index (χ1n) is 9.18. The van der Waals surface area contributed by atoms with Gasteiger partial charge in [0.15, 0.2) is 20.4 Å². The Morgan fingerprint density at radius 3 is 0.690 bits per heavy atom. The van der Waals surface area contributed by atoms with Crippen molar-refractivity contribution in [3.05, 3.63) is 0 Å². The van der Waals surface area contributed by atoms with Crippen LogP contribution in [0.15, 0.2) is 0 Å². The largest absolute Gasteiger partial charge is 0.361 e. The zero-order chi connectivity index (χ0) is 21.1. The van der Waals surface area contributed by atoms with Gasteiger partial charge in [-0.2, -0.15) is 0 Å². The molecule has 0 radical (unpaired) electrons. The molecule has 0 unspecified atom stereocenters. The smallest absolute Gasteiger partial charge is 0.168 e. The fraction of sp³-hybridized carbons (Fsp3) is 0.750. The second-order valence-electron chi connectivity index (χ2n) is 6.61. The molecule has 0 aromatic rings. The average Bonchev–Trinajstić information content (AvgIpc) is 3.41. The van der Waals surface area contributed by atoms with E-state index in [4.69, 9.17) is 48.9 Å². The van der Waals surface area contributed by atoms with E-state index in [0.717, 1.165) is 72.8 Å². The molecule has 29 heavy (non-hydrogen) atoms. The van der Waals surface area contributed by atoms with E-state index in [-0.39, 0.29) is 21.1 Å². The number of hydrogen-bond acceptors (Lipinski definition) is 4. The maximum atomic E-state index is 4.86.